The van der Waals surface area contributed by atoms with Crippen LogP contribution in [-0.4, -0.2) is 12.9 Å². The Hall–Kier alpha value is -1.02. The van der Waals surface area contributed by atoms with Gasteiger partial charge in [0.15, 0.2) is 0 Å². The number of rotatable bonds is 4. The molecule has 0 amide bonds. The van der Waals surface area contributed by atoms with E-state index in [-0.39, 0.29) is 0 Å². The molecule has 0 N–H and O–H groups in total. The molecule has 0 spiro atoms. The minimum absolute atomic E-state index is 0.549. The summed E-state index contributed by atoms with van der Waals surface area (Å²) in [4.78, 5) is 10.7. The van der Waals surface area contributed by atoms with Gasteiger partial charge in [0.05, 0.1) is 6.61 Å². The summed E-state index contributed by atoms with van der Waals surface area (Å²) in [5, 5.41) is 0.549. The van der Waals surface area contributed by atoms with Crippen LogP contribution in [0, 0.1) is 5.92 Å². The molecule has 1 saturated carbocycles. The van der Waals surface area contributed by atoms with Crippen LogP contribution in [0.4, 0.5) is 0 Å². The van der Waals surface area contributed by atoms with Crippen LogP contribution in [-0.2, 0) is 0 Å². The lowest BCUT2D eigenvalue weighted by molar-refractivity contribution is 0.112. The fourth-order valence-corrected chi connectivity index (χ4v) is 2.54. The van der Waals surface area contributed by atoms with Crippen LogP contribution < -0.4 is 4.74 Å². The van der Waals surface area contributed by atoms with Crippen LogP contribution in [0.15, 0.2) is 18.2 Å². The predicted octanol–water partition coefficient (Wildman–Crippen LogP) is 4.11. The van der Waals surface area contributed by atoms with Crippen molar-refractivity contribution in [2.45, 2.75) is 32.1 Å². The fourth-order valence-electron chi connectivity index (χ4n) is 2.30. The van der Waals surface area contributed by atoms with Crippen LogP contribution in [0.3, 0.4) is 0 Å². The molecule has 0 saturated heterocycles. The maximum absolute atomic E-state index is 10.7. The number of ether oxygens (including phenoxy) is 1. The summed E-state index contributed by atoms with van der Waals surface area (Å²) in [6, 6.07) is 5.14. The van der Waals surface area contributed by atoms with Gasteiger partial charge < -0.3 is 4.74 Å². The molecule has 1 aliphatic rings. The van der Waals surface area contributed by atoms with Crippen molar-refractivity contribution in [3.8, 4) is 5.75 Å². The Bertz CT molecular complexity index is 384. The van der Waals surface area contributed by atoms with Crippen LogP contribution in [0.2, 0.25) is 5.02 Å². The average molecular weight is 253 g/mol. The zero-order chi connectivity index (χ0) is 12.1. The highest BCUT2D eigenvalue weighted by molar-refractivity contribution is 6.31. The molecule has 1 aromatic rings. The number of halogens is 1. The molecule has 1 aromatic carbocycles. The van der Waals surface area contributed by atoms with Crippen molar-refractivity contribution >= 4 is 17.9 Å². The number of hydrogen-bond acceptors (Lipinski definition) is 2. The van der Waals surface area contributed by atoms with E-state index in [0.29, 0.717) is 22.3 Å². The number of carbonyl (C=O) groups excluding carboxylic acids is 1. The Labute approximate surface area is 107 Å². The van der Waals surface area contributed by atoms with E-state index in [1.54, 1.807) is 18.2 Å². The zero-order valence-corrected chi connectivity index (χ0v) is 10.6. The highest BCUT2D eigenvalue weighted by Crippen LogP contribution is 2.26. The first-order valence-electron chi connectivity index (χ1n) is 6.16. The Balaban J connectivity index is 1.93. The monoisotopic (exact) mass is 252 g/mol. The van der Waals surface area contributed by atoms with Crippen molar-refractivity contribution in [2.24, 2.45) is 5.92 Å². The van der Waals surface area contributed by atoms with Crippen LogP contribution in [0.25, 0.3) is 0 Å². The SMILES string of the molecule is O=Cc1cc(Cl)cc(OCC2CCCCC2)c1. The minimum Gasteiger partial charge on any atom is -0.493 e. The lowest BCUT2D eigenvalue weighted by Gasteiger charge is -2.21. The van der Waals surface area contributed by atoms with Crippen molar-refractivity contribution in [2.75, 3.05) is 6.61 Å². The quantitative estimate of drug-likeness (QED) is 0.754. The molecule has 0 unspecified atom stereocenters. The lowest BCUT2D eigenvalue weighted by atomic mass is 9.90. The van der Waals surface area contributed by atoms with Gasteiger partial charge in [-0.1, -0.05) is 30.9 Å². The Morgan fingerprint density at radius 2 is 2.00 bits per heavy atom. The summed E-state index contributed by atoms with van der Waals surface area (Å²) in [5.41, 5.74) is 0.566. The summed E-state index contributed by atoms with van der Waals surface area (Å²) < 4.78 is 5.73. The normalized spacial score (nSPS) is 16.8. The van der Waals surface area contributed by atoms with Crippen molar-refractivity contribution in [3.63, 3.8) is 0 Å². The van der Waals surface area contributed by atoms with Gasteiger partial charge in [0.25, 0.3) is 0 Å². The van der Waals surface area contributed by atoms with Crippen molar-refractivity contribution in [1.82, 2.24) is 0 Å². The van der Waals surface area contributed by atoms with E-state index >= 15 is 0 Å². The van der Waals surface area contributed by atoms with E-state index in [9.17, 15) is 4.79 Å². The number of hydrogen-bond donors (Lipinski definition) is 0. The van der Waals surface area contributed by atoms with Gasteiger partial charge in [-0.05, 0) is 37.0 Å². The largest absolute Gasteiger partial charge is 0.493 e. The van der Waals surface area contributed by atoms with E-state index in [1.807, 2.05) is 0 Å². The topological polar surface area (TPSA) is 26.3 Å². The molecule has 17 heavy (non-hydrogen) atoms. The first-order chi connectivity index (χ1) is 8.28. The van der Waals surface area contributed by atoms with Gasteiger partial charge in [-0.25, -0.2) is 0 Å². The number of aldehydes is 1. The third-order valence-electron chi connectivity index (χ3n) is 3.24. The van der Waals surface area contributed by atoms with Crippen LogP contribution in [0.1, 0.15) is 42.5 Å². The Morgan fingerprint density at radius 3 is 2.71 bits per heavy atom. The zero-order valence-electron chi connectivity index (χ0n) is 9.82. The second kappa shape index (κ2) is 6.06. The second-order valence-corrected chi connectivity index (χ2v) is 5.09. The molecule has 1 aliphatic carbocycles. The third kappa shape index (κ3) is 3.74. The fraction of sp³-hybridized carbons (Fsp3) is 0.500. The van der Waals surface area contributed by atoms with Gasteiger partial charge in [-0.15, -0.1) is 0 Å². The molecule has 2 rings (SSSR count). The third-order valence-corrected chi connectivity index (χ3v) is 3.46. The standard InChI is InChI=1S/C14H17ClO2/c15-13-6-12(9-16)7-14(8-13)17-10-11-4-2-1-3-5-11/h6-9,11H,1-5,10H2. The van der Waals surface area contributed by atoms with Crippen molar-refractivity contribution < 1.29 is 9.53 Å². The lowest BCUT2D eigenvalue weighted by Crippen LogP contribution is -2.15. The molecule has 0 radical (unpaired) electrons. The molecule has 1 fully saturated rings. The highest BCUT2D eigenvalue weighted by Gasteiger charge is 2.14. The van der Waals surface area contributed by atoms with Crippen molar-refractivity contribution in [1.29, 1.82) is 0 Å². The van der Waals surface area contributed by atoms with Crippen LogP contribution >= 0.6 is 11.6 Å². The summed E-state index contributed by atoms with van der Waals surface area (Å²) in [6.45, 7) is 0.735. The number of carbonyl (C=O) groups is 1. The second-order valence-electron chi connectivity index (χ2n) is 4.65. The summed E-state index contributed by atoms with van der Waals surface area (Å²) in [7, 11) is 0. The smallest absolute Gasteiger partial charge is 0.150 e. The molecule has 0 atom stereocenters. The first kappa shape index (κ1) is 12.4. The van der Waals surface area contributed by atoms with Gasteiger partial charge in [0.1, 0.15) is 12.0 Å². The molecule has 3 heteroatoms. The predicted molar refractivity (Wildman–Crippen MR) is 68.9 cm³/mol. The number of benzene rings is 1. The molecule has 0 aliphatic heterocycles. The van der Waals surface area contributed by atoms with E-state index in [2.05, 4.69) is 0 Å². The van der Waals surface area contributed by atoms with E-state index in [1.165, 1.54) is 32.1 Å². The molecule has 2 nitrogen and oxygen atoms in total. The highest BCUT2D eigenvalue weighted by atomic mass is 35.5. The van der Waals surface area contributed by atoms with Gasteiger partial charge in [-0.3, -0.25) is 4.79 Å². The molecular weight excluding hydrogens is 236 g/mol. The summed E-state index contributed by atoms with van der Waals surface area (Å²) in [5.74, 6) is 1.35. The minimum atomic E-state index is 0.549. The Kier molecular flexibility index (Phi) is 4.43. The van der Waals surface area contributed by atoms with Gasteiger partial charge in [0, 0.05) is 10.6 Å². The molecular formula is C14H17ClO2. The van der Waals surface area contributed by atoms with E-state index in [0.717, 1.165) is 12.9 Å². The van der Waals surface area contributed by atoms with Crippen molar-refractivity contribution in [3.05, 3.63) is 28.8 Å². The van der Waals surface area contributed by atoms with E-state index in [4.69, 9.17) is 16.3 Å². The first-order valence-corrected chi connectivity index (χ1v) is 6.54. The van der Waals surface area contributed by atoms with E-state index < -0.39 is 0 Å². The summed E-state index contributed by atoms with van der Waals surface area (Å²) >= 11 is 5.91. The molecule has 0 aromatic heterocycles. The maximum atomic E-state index is 10.7. The molecule has 92 valence electrons. The summed E-state index contributed by atoms with van der Waals surface area (Å²) in [6.07, 6.45) is 7.26. The average Bonchev–Trinajstić information content (AvgIpc) is 2.37. The molecule has 0 bridgehead atoms. The van der Waals surface area contributed by atoms with Crippen LogP contribution in [0.5, 0.6) is 5.75 Å². The van der Waals surface area contributed by atoms with Gasteiger partial charge in [-0.2, -0.15) is 0 Å². The Morgan fingerprint density at radius 1 is 1.24 bits per heavy atom. The molecule has 0 heterocycles. The maximum Gasteiger partial charge on any atom is 0.150 e. The van der Waals surface area contributed by atoms with Gasteiger partial charge in [0.2, 0.25) is 0 Å². The van der Waals surface area contributed by atoms with Gasteiger partial charge >= 0.3 is 0 Å².